The summed E-state index contributed by atoms with van der Waals surface area (Å²) in [6.07, 6.45) is 5.44. The molecule has 2 heterocycles. The lowest BCUT2D eigenvalue weighted by Crippen LogP contribution is -2.44. The van der Waals surface area contributed by atoms with Crippen LogP contribution in [-0.4, -0.2) is 34.9 Å². The Kier molecular flexibility index (Phi) is 5.07. The summed E-state index contributed by atoms with van der Waals surface area (Å²) in [6.45, 7) is 4.83. The standard InChI is InChI=1S/C21H27N3O2/c1-15-19(23-21(26-15)17-8-5-9-17)20(25)22-18-10-12-24(13-11-18)14-16-6-3-2-4-7-16/h2-4,6-7,17-18H,5,8-14H2,1H3,(H,22,25). The first kappa shape index (κ1) is 17.3. The number of nitrogens with zero attached hydrogens (tertiary/aromatic N) is 2. The second kappa shape index (κ2) is 7.62. The van der Waals surface area contributed by atoms with Crippen LogP contribution in [-0.2, 0) is 6.54 Å². The number of carbonyl (C=O) groups excluding carboxylic acids is 1. The molecule has 1 saturated carbocycles. The fourth-order valence-electron chi connectivity index (χ4n) is 3.79. The Labute approximate surface area is 154 Å². The van der Waals surface area contributed by atoms with Crippen molar-refractivity contribution in [3.8, 4) is 0 Å². The van der Waals surface area contributed by atoms with Crippen LogP contribution in [0.5, 0.6) is 0 Å². The second-order valence-electron chi connectivity index (χ2n) is 7.59. The number of hydrogen-bond donors (Lipinski definition) is 1. The third kappa shape index (κ3) is 3.83. The Morgan fingerprint density at radius 3 is 2.58 bits per heavy atom. The molecule has 5 heteroatoms. The molecule has 0 bridgehead atoms. The van der Waals surface area contributed by atoms with Gasteiger partial charge in [0.1, 0.15) is 5.76 Å². The van der Waals surface area contributed by atoms with Crippen LogP contribution < -0.4 is 5.32 Å². The van der Waals surface area contributed by atoms with Crippen LogP contribution in [0.2, 0.25) is 0 Å². The van der Waals surface area contributed by atoms with Crippen molar-refractivity contribution in [2.24, 2.45) is 0 Å². The van der Waals surface area contributed by atoms with Gasteiger partial charge in [0.25, 0.3) is 5.91 Å². The molecule has 0 radical (unpaired) electrons. The number of oxazole rings is 1. The van der Waals surface area contributed by atoms with Gasteiger partial charge in [-0.3, -0.25) is 9.69 Å². The van der Waals surface area contributed by atoms with Gasteiger partial charge in [0, 0.05) is 31.6 Å². The van der Waals surface area contributed by atoms with Gasteiger partial charge in [0.05, 0.1) is 0 Å². The van der Waals surface area contributed by atoms with E-state index in [0.717, 1.165) is 51.2 Å². The highest BCUT2D eigenvalue weighted by atomic mass is 16.4. The number of aryl methyl sites for hydroxylation is 1. The number of rotatable bonds is 5. The summed E-state index contributed by atoms with van der Waals surface area (Å²) >= 11 is 0. The van der Waals surface area contributed by atoms with Crippen molar-refractivity contribution in [3.05, 3.63) is 53.2 Å². The molecule has 1 aliphatic carbocycles. The van der Waals surface area contributed by atoms with Gasteiger partial charge in [-0.1, -0.05) is 36.8 Å². The smallest absolute Gasteiger partial charge is 0.273 e. The SMILES string of the molecule is Cc1oc(C2CCC2)nc1C(=O)NC1CCN(Cc2ccccc2)CC1. The van der Waals surface area contributed by atoms with E-state index in [-0.39, 0.29) is 11.9 Å². The third-order valence-corrected chi connectivity index (χ3v) is 5.65. The van der Waals surface area contributed by atoms with Gasteiger partial charge in [-0.25, -0.2) is 4.98 Å². The van der Waals surface area contributed by atoms with Crippen LogP contribution in [0.15, 0.2) is 34.7 Å². The number of benzene rings is 1. The molecular formula is C21H27N3O2. The maximum absolute atomic E-state index is 12.6. The molecular weight excluding hydrogens is 326 g/mol. The van der Waals surface area contributed by atoms with Crippen molar-refractivity contribution in [2.75, 3.05) is 13.1 Å². The van der Waals surface area contributed by atoms with Gasteiger partial charge in [0.2, 0.25) is 0 Å². The van der Waals surface area contributed by atoms with E-state index in [9.17, 15) is 4.79 Å². The number of piperidine rings is 1. The number of carbonyl (C=O) groups is 1. The van der Waals surface area contributed by atoms with Crippen molar-refractivity contribution >= 4 is 5.91 Å². The van der Waals surface area contributed by atoms with Crippen LogP contribution >= 0.6 is 0 Å². The minimum absolute atomic E-state index is 0.0849. The van der Waals surface area contributed by atoms with Crippen molar-refractivity contribution in [1.82, 2.24) is 15.2 Å². The molecule has 1 saturated heterocycles. The molecule has 0 unspecified atom stereocenters. The predicted molar refractivity (Wildman–Crippen MR) is 100 cm³/mol. The maximum atomic E-state index is 12.6. The molecule has 1 aliphatic heterocycles. The Balaban J connectivity index is 1.29. The molecule has 5 nitrogen and oxygen atoms in total. The van der Waals surface area contributed by atoms with Gasteiger partial charge < -0.3 is 9.73 Å². The minimum Gasteiger partial charge on any atom is -0.445 e. The summed E-state index contributed by atoms with van der Waals surface area (Å²) in [7, 11) is 0. The summed E-state index contributed by atoms with van der Waals surface area (Å²) in [5, 5.41) is 3.16. The van der Waals surface area contributed by atoms with Crippen LogP contribution in [0.1, 0.15) is 65.7 Å². The summed E-state index contributed by atoms with van der Waals surface area (Å²) in [6, 6.07) is 10.8. The molecule has 0 spiro atoms. The van der Waals surface area contributed by atoms with Crippen LogP contribution in [0.25, 0.3) is 0 Å². The van der Waals surface area contributed by atoms with Crippen LogP contribution in [0.4, 0.5) is 0 Å². The lowest BCUT2D eigenvalue weighted by atomic mass is 9.85. The lowest BCUT2D eigenvalue weighted by molar-refractivity contribution is 0.0903. The third-order valence-electron chi connectivity index (χ3n) is 5.65. The fraction of sp³-hybridized carbons (Fsp3) is 0.524. The normalized spacial score (nSPS) is 19.3. The van der Waals surface area contributed by atoms with E-state index >= 15 is 0 Å². The zero-order valence-electron chi connectivity index (χ0n) is 15.4. The van der Waals surface area contributed by atoms with Crippen LogP contribution in [0, 0.1) is 6.92 Å². The summed E-state index contributed by atoms with van der Waals surface area (Å²) in [5.74, 6) is 1.72. The number of hydrogen-bond acceptors (Lipinski definition) is 4. The number of likely N-dealkylation sites (tertiary alicyclic amines) is 1. The number of aromatic nitrogens is 1. The molecule has 2 aromatic rings. The van der Waals surface area contributed by atoms with Crippen LogP contribution in [0.3, 0.4) is 0 Å². The highest BCUT2D eigenvalue weighted by Gasteiger charge is 2.28. The fourth-order valence-corrected chi connectivity index (χ4v) is 3.79. The number of amides is 1. The van der Waals surface area contributed by atoms with Gasteiger partial charge in [0.15, 0.2) is 11.6 Å². The van der Waals surface area contributed by atoms with E-state index in [1.165, 1.54) is 12.0 Å². The molecule has 2 fully saturated rings. The van der Waals surface area contributed by atoms with E-state index in [0.29, 0.717) is 17.4 Å². The highest BCUT2D eigenvalue weighted by Crippen LogP contribution is 2.36. The molecule has 1 aromatic heterocycles. The predicted octanol–water partition coefficient (Wildman–Crippen LogP) is 3.64. The largest absolute Gasteiger partial charge is 0.445 e. The summed E-state index contributed by atoms with van der Waals surface area (Å²) in [5.41, 5.74) is 1.82. The van der Waals surface area contributed by atoms with Gasteiger partial charge in [-0.05, 0) is 38.2 Å². The summed E-state index contributed by atoms with van der Waals surface area (Å²) < 4.78 is 5.73. The second-order valence-corrected chi connectivity index (χ2v) is 7.59. The molecule has 1 aromatic carbocycles. The zero-order chi connectivity index (χ0) is 17.9. The van der Waals surface area contributed by atoms with E-state index in [4.69, 9.17) is 4.42 Å². The minimum atomic E-state index is -0.0849. The molecule has 0 atom stereocenters. The lowest BCUT2D eigenvalue weighted by Gasteiger charge is -2.32. The van der Waals surface area contributed by atoms with Gasteiger partial charge in [-0.2, -0.15) is 0 Å². The molecule has 1 amide bonds. The van der Waals surface area contributed by atoms with Gasteiger partial charge >= 0.3 is 0 Å². The van der Waals surface area contributed by atoms with Gasteiger partial charge in [-0.15, -0.1) is 0 Å². The molecule has 4 rings (SSSR count). The molecule has 26 heavy (non-hydrogen) atoms. The Hall–Kier alpha value is -2.14. The first-order valence-electron chi connectivity index (χ1n) is 9.73. The first-order chi connectivity index (χ1) is 12.7. The van der Waals surface area contributed by atoms with Crippen molar-refractivity contribution < 1.29 is 9.21 Å². The van der Waals surface area contributed by atoms with Crippen molar-refractivity contribution in [1.29, 1.82) is 0 Å². The molecule has 138 valence electrons. The summed E-state index contributed by atoms with van der Waals surface area (Å²) in [4.78, 5) is 19.5. The van der Waals surface area contributed by atoms with E-state index in [1.807, 2.05) is 13.0 Å². The molecule has 2 aliphatic rings. The Morgan fingerprint density at radius 2 is 1.92 bits per heavy atom. The highest BCUT2D eigenvalue weighted by molar-refractivity contribution is 5.93. The number of nitrogens with one attached hydrogen (secondary N) is 1. The average Bonchev–Trinajstić information content (AvgIpc) is 2.97. The zero-order valence-corrected chi connectivity index (χ0v) is 15.4. The van der Waals surface area contributed by atoms with Crippen molar-refractivity contribution in [2.45, 2.75) is 57.5 Å². The first-order valence-corrected chi connectivity index (χ1v) is 9.73. The quantitative estimate of drug-likeness (QED) is 0.891. The monoisotopic (exact) mass is 353 g/mol. The topological polar surface area (TPSA) is 58.4 Å². The molecule has 1 N–H and O–H groups in total. The maximum Gasteiger partial charge on any atom is 0.273 e. The Bertz CT molecular complexity index is 744. The van der Waals surface area contributed by atoms with Crippen molar-refractivity contribution in [3.63, 3.8) is 0 Å². The Morgan fingerprint density at radius 1 is 1.19 bits per heavy atom. The van der Waals surface area contributed by atoms with E-state index < -0.39 is 0 Å². The van der Waals surface area contributed by atoms with E-state index in [1.54, 1.807) is 0 Å². The average molecular weight is 353 g/mol. The van der Waals surface area contributed by atoms with E-state index in [2.05, 4.69) is 39.5 Å².